The SMILES string of the molecule is Cc1cccn2c(=O)cc(CN3C(=O)NC4(CCSC4)C3=O)nc12. The molecule has 2 aromatic rings. The number of hydrogen-bond acceptors (Lipinski definition) is 5. The molecule has 4 heterocycles. The van der Waals surface area contributed by atoms with Crippen LogP contribution in [0.25, 0.3) is 5.65 Å². The summed E-state index contributed by atoms with van der Waals surface area (Å²) < 4.78 is 1.46. The highest BCUT2D eigenvalue weighted by Gasteiger charge is 2.52. The molecule has 2 aliphatic rings. The Morgan fingerprint density at radius 1 is 1.38 bits per heavy atom. The monoisotopic (exact) mass is 344 g/mol. The summed E-state index contributed by atoms with van der Waals surface area (Å²) in [6.07, 6.45) is 2.30. The fourth-order valence-electron chi connectivity index (χ4n) is 3.20. The summed E-state index contributed by atoms with van der Waals surface area (Å²) in [6, 6.07) is 4.62. The Kier molecular flexibility index (Phi) is 3.38. The molecule has 2 aliphatic heterocycles. The maximum atomic E-state index is 12.7. The van der Waals surface area contributed by atoms with Crippen LogP contribution in [0, 0.1) is 6.92 Å². The first kappa shape index (κ1) is 15.2. The van der Waals surface area contributed by atoms with Crippen molar-refractivity contribution in [3.63, 3.8) is 0 Å². The van der Waals surface area contributed by atoms with Crippen LogP contribution in [0.1, 0.15) is 17.7 Å². The predicted molar refractivity (Wildman–Crippen MR) is 90.0 cm³/mol. The molecule has 1 unspecified atom stereocenters. The van der Waals surface area contributed by atoms with Crippen molar-refractivity contribution in [1.29, 1.82) is 0 Å². The number of rotatable bonds is 2. The minimum atomic E-state index is -0.774. The number of carbonyl (C=O) groups excluding carboxylic acids is 2. The molecule has 1 atom stereocenters. The summed E-state index contributed by atoms with van der Waals surface area (Å²) >= 11 is 1.66. The molecule has 0 saturated carbocycles. The number of imide groups is 1. The third-order valence-electron chi connectivity index (χ3n) is 4.53. The zero-order valence-electron chi connectivity index (χ0n) is 13.1. The normalized spacial score (nSPS) is 23.5. The number of aryl methyl sites for hydroxylation is 1. The van der Waals surface area contributed by atoms with Gasteiger partial charge in [-0.15, -0.1) is 0 Å². The van der Waals surface area contributed by atoms with Gasteiger partial charge >= 0.3 is 6.03 Å². The summed E-state index contributed by atoms with van der Waals surface area (Å²) in [5, 5.41) is 2.82. The van der Waals surface area contributed by atoms with Crippen molar-refractivity contribution < 1.29 is 9.59 Å². The first-order chi connectivity index (χ1) is 11.5. The van der Waals surface area contributed by atoms with E-state index in [4.69, 9.17) is 0 Å². The first-order valence-electron chi connectivity index (χ1n) is 7.70. The van der Waals surface area contributed by atoms with Gasteiger partial charge in [0, 0.05) is 18.0 Å². The maximum absolute atomic E-state index is 12.7. The van der Waals surface area contributed by atoms with Crippen LogP contribution in [0.5, 0.6) is 0 Å². The lowest BCUT2D eigenvalue weighted by Crippen LogP contribution is -2.46. The van der Waals surface area contributed by atoms with Crippen LogP contribution < -0.4 is 10.9 Å². The van der Waals surface area contributed by atoms with Crippen molar-refractivity contribution in [3.8, 4) is 0 Å². The van der Waals surface area contributed by atoms with Gasteiger partial charge in [-0.1, -0.05) is 6.07 Å². The van der Waals surface area contributed by atoms with Crippen LogP contribution in [0.2, 0.25) is 0 Å². The lowest BCUT2D eigenvalue weighted by atomic mass is 9.99. The van der Waals surface area contributed by atoms with Gasteiger partial charge in [0.15, 0.2) is 0 Å². The summed E-state index contributed by atoms with van der Waals surface area (Å²) in [7, 11) is 0. The molecule has 2 saturated heterocycles. The van der Waals surface area contributed by atoms with Gasteiger partial charge in [0.1, 0.15) is 11.2 Å². The van der Waals surface area contributed by atoms with Crippen LogP contribution in [-0.4, -0.2) is 43.3 Å². The molecular weight excluding hydrogens is 328 g/mol. The zero-order chi connectivity index (χ0) is 16.9. The highest BCUT2D eigenvalue weighted by atomic mass is 32.2. The number of aromatic nitrogens is 2. The van der Waals surface area contributed by atoms with Crippen molar-refractivity contribution >= 4 is 29.3 Å². The minimum absolute atomic E-state index is 0.0111. The molecule has 0 bridgehead atoms. The van der Waals surface area contributed by atoms with E-state index in [0.717, 1.165) is 11.3 Å². The second kappa shape index (κ2) is 5.34. The topological polar surface area (TPSA) is 83.8 Å². The lowest BCUT2D eigenvalue weighted by molar-refractivity contribution is -0.130. The molecule has 7 nitrogen and oxygen atoms in total. The van der Waals surface area contributed by atoms with E-state index in [0.29, 0.717) is 23.5 Å². The Hall–Kier alpha value is -2.35. The van der Waals surface area contributed by atoms with Crippen molar-refractivity contribution in [2.24, 2.45) is 0 Å². The molecule has 0 aliphatic carbocycles. The zero-order valence-corrected chi connectivity index (χ0v) is 13.9. The summed E-state index contributed by atoms with van der Waals surface area (Å²) in [5.74, 6) is 1.24. The van der Waals surface area contributed by atoms with Crippen LogP contribution in [-0.2, 0) is 11.3 Å². The molecule has 24 heavy (non-hydrogen) atoms. The highest BCUT2D eigenvalue weighted by molar-refractivity contribution is 7.99. The fourth-order valence-corrected chi connectivity index (χ4v) is 4.53. The lowest BCUT2D eigenvalue weighted by Gasteiger charge is -2.19. The number of hydrogen-bond donors (Lipinski definition) is 1. The molecule has 1 spiro atoms. The minimum Gasteiger partial charge on any atom is -0.322 e. The Labute approximate surface area is 142 Å². The van der Waals surface area contributed by atoms with Gasteiger partial charge < -0.3 is 5.32 Å². The van der Waals surface area contributed by atoms with Gasteiger partial charge in [-0.3, -0.25) is 18.9 Å². The van der Waals surface area contributed by atoms with E-state index in [1.165, 1.54) is 15.4 Å². The van der Waals surface area contributed by atoms with Gasteiger partial charge in [-0.2, -0.15) is 11.8 Å². The number of thioether (sulfide) groups is 1. The number of fused-ring (bicyclic) bond motifs is 1. The Bertz CT molecular complexity index is 917. The fraction of sp³-hybridized carbons (Fsp3) is 0.375. The second-order valence-electron chi connectivity index (χ2n) is 6.18. The molecule has 4 rings (SSSR count). The summed E-state index contributed by atoms with van der Waals surface area (Å²) in [4.78, 5) is 42.8. The van der Waals surface area contributed by atoms with E-state index in [-0.39, 0.29) is 18.0 Å². The van der Waals surface area contributed by atoms with Crippen LogP contribution >= 0.6 is 11.8 Å². The molecule has 124 valence electrons. The van der Waals surface area contributed by atoms with Gasteiger partial charge in [0.2, 0.25) is 0 Å². The molecule has 2 aromatic heterocycles. The number of nitrogens with zero attached hydrogens (tertiary/aromatic N) is 3. The van der Waals surface area contributed by atoms with E-state index >= 15 is 0 Å². The van der Waals surface area contributed by atoms with Crippen molar-refractivity contribution in [1.82, 2.24) is 19.6 Å². The molecular formula is C16H16N4O3S. The first-order valence-corrected chi connectivity index (χ1v) is 8.85. The number of pyridine rings is 1. The molecule has 0 radical (unpaired) electrons. The molecule has 2 fully saturated rings. The second-order valence-corrected chi connectivity index (χ2v) is 7.28. The third kappa shape index (κ3) is 2.21. The number of urea groups is 1. The summed E-state index contributed by atoms with van der Waals surface area (Å²) in [6.45, 7) is 1.88. The van der Waals surface area contributed by atoms with Gasteiger partial charge in [-0.05, 0) is 30.7 Å². The summed E-state index contributed by atoms with van der Waals surface area (Å²) in [5.41, 5.74) is 0.816. The van der Waals surface area contributed by atoms with Gasteiger partial charge in [0.05, 0.1) is 12.2 Å². The van der Waals surface area contributed by atoms with E-state index in [1.54, 1.807) is 24.0 Å². The van der Waals surface area contributed by atoms with Crippen LogP contribution in [0.15, 0.2) is 29.2 Å². The average molecular weight is 344 g/mol. The molecule has 8 heteroatoms. The van der Waals surface area contributed by atoms with Crippen molar-refractivity contribution in [2.75, 3.05) is 11.5 Å². The Morgan fingerprint density at radius 3 is 2.96 bits per heavy atom. The number of amides is 3. The van der Waals surface area contributed by atoms with Crippen LogP contribution in [0.3, 0.4) is 0 Å². The van der Waals surface area contributed by atoms with Gasteiger partial charge in [-0.25, -0.2) is 9.78 Å². The molecule has 0 aromatic carbocycles. The number of nitrogens with one attached hydrogen (secondary N) is 1. The molecule has 1 N–H and O–H groups in total. The van der Waals surface area contributed by atoms with Crippen molar-refractivity contribution in [3.05, 3.63) is 46.0 Å². The highest BCUT2D eigenvalue weighted by Crippen LogP contribution is 2.33. The van der Waals surface area contributed by atoms with Crippen molar-refractivity contribution in [2.45, 2.75) is 25.4 Å². The average Bonchev–Trinajstić information content (AvgIpc) is 3.10. The van der Waals surface area contributed by atoms with E-state index in [1.807, 2.05) is 13.0 Å². The Morgan fingerprint density at radius 2 is 2.21 bits per heavy atom. The Balaban J connectivity index is 1.70. The smallest absolute Gasteiger partial charge is 0.322 e. The van der Waals surface area contributed by atoms with Gasteiger partial charge in [0.25, 0.3) is 11.5 Å². The number of carbonyl (C=O) groups is 2. The van der Waals surface area contributed by atoms with E-state index < -0.39 is 11.6 Å². The van der Waals surface area contributed by atoms with E-state index in [2.05, 4.69) is 10.3 Å². The molecule has 3 amide bonds. The predicted octanol–water partition coefficient (Wildman–Crippen LogP) is 0.930. The van der Waals surface area contributed by atoms with E-state index in [9.17, 15) is 14.4 Å². The van der Waals surface area contributed by atoms with Crippen LogP contribution in [0.4, 0.5) is 4.79 Å². The quantitative estimate of drug-likeness (QED) is 0.820. The third-order valence-corrected chi connectivity index (χ3v) is 5.72. The maximum Gasteiger partial charge on any atom is 0.325 e. The largest absolute Gasteiger partial charge is 0.325 e. The standard InChI is InChI=1S/C16H16N4O3S/c1-10-3-2-5-19-12(21)7-11(17-13(10)19)8-20-14(22)16(18-15(20)23)4-6-24-9-16/h2-3,5,7H,4,6,8-9H2,1H3,(H,18,23).